The van der Waals surface area contributed by atoms with Crippen molar-refractivity contribution in [2.45, 2.75) is 25.8 Å². The Kier molecular flexibility index (Phi) is 5.99. The average Bonchev–Trinajstić information content (AvgIpc) is 2.78. The molecule has 8 nitrogen and oxygen atoms in total. The first kappa shape index (κ1) is 19.5. The summed E-state index contributed by atoms with van der Waals surface area (Å²) >= 11 is 5.96. The second kappa shape index (κ2) is 8.01. The van der Waals surface area contributed by atoms with Crippen molar-refractivity contribution >= 4 is 41.4 Å². The third-order valence-electron chi connectivity index (χ3n) is 3.65. The molecule has 1 aliphatic rings. The minimum Gasteiger partial charge on any atom is -0.324 e. The van der Waals surface area contributed by atoms with Crippen LogP contribution in [0.15, 0.2) is 30.3 Å². The van der Waals surface area contributed by atoms with E-state index in [4.69, 9.17) is 11.6 Å². The molecule has 26 heavy (non-hydrogen) atoms. The fourth-order valence-electron chi connectivity index (χ4n) is 2.25. The molecule has 1 aromatic carbocycles. The molecule has 1 heterocycles. The fraction of sp³-hybridized carbons (Fsp3) is 0.294. The Hall–Kier alpha value is -2.87. The number of carbonyl (C=O) groups excluding carboxylic acids is 4. The van der Waals surface area contributed by atoms with E-state index in [1.54, 1.807) is 38.1 Å². The van der Waals surface area contributed by atoms with Crippen molar-refractivity contribution in [2.24, 2.45) is 0 Å². The van der Waals surface area contributed by atoms with Crippen molar-refractivity contribution in [1.82, 2.24) is 21.1 Å². The number of carbonyl (C=O) groups is 4. The van der Waals surface area contributed by atoms with Gasteiger partial charge in [0, 0.05) is 24.1 Å². The van der Waals surface area contributed by atoms with E-state index >= 15 is 0 Å². The molecule has 1 aromatic rings. The maximum absolute atomic E-state index is 12.0. The highest BCUT2D eigenvalue weighted by molar-refractivity contribution is 6.32. The first-order valence-electron chi connectivity index (χ1n) is 7.86. The molecule has 0 spiro atoms. The number of benzene rings is 1. The molecule has 0 aromatic heterocycles. The van der Waals surface area contributed by atoms with Gasteiger partial charge in [-0.2, -0.15) is 0 Å². The molecule has 2 rings (SSSR count). The van der Waals surface area contributed by atoms with Crippen LogP contribution in [0, 0.1) is 0 Å². The van der Waals surface area contributed by atoms with E-state index in [-0.39, 0.29) is 13.0 Å². The molecule has 0 aliphatic carbocycles. The summed E-state index contributed by atoms with van der Waals surface area (Å²) < 4.78 is 0. The normalized spacial score (nSPS) is 15.9. The summed E-state index contributed by atoms with van der Waals surface area (Å²) in [5.74, 6) is -1.48. The zero-order chi connectivity index (χ0) is 19.3. The number of urea groups is 1. The van der Waals surface area contributed by atoms with Gasteiger partial charge in [0.05, 0.1) is 0 Å². The van der Waals surface area contributed by atoms with Crippen LogP contribution in [0.1, 0.15) is 25.8 Å². The Labute approximate surface area is 155 Å². The van der Waals surface area contributed by atoms with Crippen LogP contribution in [0.2, 0.25) is 5.02 Å². The van der Waals surface area contributed by atoms with Gasteiger partial charge >= 0.3 is 6.03 Å². The summed E-state index contributed by atoms with van der Waals surface area (Å²) in [7, 11) is 0. The minimum atomic E-state index is -0.981. The average molecular weight is 379 g/mol. The molecule has 9 heteroatoms. The number of nitrogens with zero attached hydrogens (tertiary/aromatic N) is 1. The lowest BCUT2D eigenvalue weighted by Crippen LogP contribution is -2.43. The number of halogens is 1. The number of amides is 5. The van der Waals surface area contributed by atoms with Crippen molar-refractivity contribution in [3.05, 3.63) is 40.9 Å². The molecule has 0 radical (unpaired) electrons. The van der Waals surface area contributed by atoms with Crippen molar-refractivity contribution < 1.29 is 19.2 Å². The van der Waals surface area contributed by atoms with Crippen LogP contribution in [-0.2, 0) is 14.4 Å². The molecular weight excluding hydrogens is 360 g/mol. The number of hydrogen-bond acceptors (Lipinski definition) is 4. The predicted octanol–water partition coefficient (Wildman–Crippen LogP) is 1.22. The van der Waals surface area contributed by atoms with Crippen LogP contribution in [0.5, 0.6) is 0 Å². The van der Waals surface area contributed by atoms with Crippen molar-refractivity contribution in [3.8, 4) is 0 Å². The molecule has 1 aliphatic heterocycles. The Bertz CT molecular complexity index is 776. The summed E-state index contributed by atoms with van der Waals surface area (Å²) in [6.45, 7) is 3.09. The highest BCUT2D eigenvalue weighted by Crippen LogP contribution is 2.17. The smallest absolute Gasteiger partial charge is 0.324 e. The van der Waals surface area contributed by atoms with E-state index in [0.717, 1.165) is 4.90 Å². The Morgan fingerprint density at radius 2 is 1.92 bits per heavy atom. The largest absolute Gasteiger partial charge is 0.325 e. The quantitative estimate of drug-likeness (QED) is 0.406. The number of rotatable bonds is 5. The lowest BCUT2D eigenvalue weighted by molar-refractivity contribution is -0.131. The van der Waals surface area contributed by atoms with E-state index in [0.29, 0.717) is 10.6 Å². The monoisotopic (exact) mass is 378 g/mol. The van der Waals surface area contributed by atoms with Gasteiger partial charge in [0.25, 0.3) is 11.8 Å². The van der Waals surface area contributed by atoms with Crippen LogP contribution in [0.25, 0.3) is 6.08 Å². The highest BCUT2D eigenvalue weighted by Gasteiger charge is 2.43. The third-order valence-corrected chi connectivity index (χ3v) is 4.00. The van der Waals surface area contributed by atoms with E-state index in [1.165, 1.54) is 12.2 Å². The van der Waals surface area contributed by atoms with Crippen molar-refractivity contribution in [3.63, 3.8) is 0 Å². The number of hydrogen-bond donors (Lipinski definition) is 3. The lowest BCUT2D eigenvalue weighted by atomic mass is 10.1. The molecule has 1 fully saturated rings. The van der Waals surface area contributed by atoms with Crippen LogP contribution < -0.4 is 16.2 Å². The van der Waals surface area contributed by atoms with Crippen molar-refractivity contribution in [2.75, 3.05) is 6.54 Å². The summed E-state index contributed by atoms with van der Waals surface area (Å²) in [6, 6.07) is 6.44. The Balaban J connectivity index is 1.77. The van der Waals surface area contributed by atoms with Gasteiger partial charge in [-0.15, -0.1) is 0 Å². The van der Waals surface area contributed by atoms with Crippen LogP contribution in [-0.4, -0.2) is 40.7 Å². The van der Waals surface area contributed by atoms with Gasteiger partial charge in [0.15, 0.2) is 0 Å². The van der Waals surface area contributed by atoms with Crippen LogP contribution in [0.3, 0.4) is 0 Å². The molecule has 0 unspecified atom stereocenters. The molecule has 0 atom stereocenters. The summed E-state index contributed by atoms with van der Waals surface area (Å²) in [5.41, 5.74) is 4.11. The first-order chi connectivity index (χ1) is 12.2. The number of nitrogens with one attached hydrogen (secondary N) is 3. The van der Waals surface area contributed by atoms with Crippen LogP contribution >= 0.6 is 11.6 Å². The molecule has 0 bridgehead atoms. The summed E-state index contributed by atoms with van der Waals surface area (Å²) in [4.78, 5) is 48.1. The van der Waals surface area contributed by atoms with E-state index < -0.39 is 29.3 Å². The van der Waals surface area contributed by atoms with E-state index in [9.17, 15) is 19.2 Å². The van der Waals surface area contributed by atoms with Gasteiger partial charge in [-0.1, -0.05) is 29.8 Å². The van der Waals surface area contributed by atoms with Gasteiger partial charge in [0.1, 0.15) is 5.54 Å². The molecule has 3 N–H and O–H groups in total. The topological polar surface area (TPSA) is 108 Å². The second-order valence-corrected chi connectivity index (χ2v) is 6.56. The van der Waals surface area contributed by atoms with Gasteiger partial charge in [-0.05, 0) is 31.6 Å². The second-order valence-electron chi connectivity index (χ2n) is 6.15. The molecule has 0 saturated carbocycles. The van der Waals surface area contributed by atoms with Gasteiger partial charge < -0.3 is 5.32 Å². The number of hydrazine groups is 1. The molecular formula is C17H19ClN4O4. The fourth-order valence-corrected chi connectivity index (χ4v) is 2.44. The number of imide groups is 1. The van der Waals surface area contributed by atoms with E-state index in [2.05, 4.69) is 16.2 Å². The van der Waals surface area contributed by atoms with E-state index in [1.807, 2.05) is 0 Å². The maximum Gasteiger partial charge on any atom is 0.325 e. The molecule has 138 valence electrons. The Morgan fingerprint density at radius 3 is 2.54 bits per heavy atom. The zero-order valence-electron chi connectivity index (χ0n) is 14.3. The first-order valence-corrected chi connectivity index (χ1v) is 8.24. The standard InChI is InChI=1S/C17H19ClN4O4/c1-17(2)15(25)22(16(26)19-17)10-9-14(24)21-20-13(23)8-7-11-5-3-4-6-12(11)18/h3-8H,9-10H2,1-2H3,(H,19,26)(H,20,23)(H,21,24)/b8-7+. The predicted molar refractivity (Wildman–Crippen MR) is 95.7 cm³/mol. The van der Waals surface area contributed by atoms with Gasteiger partial charge in [-0.3, -0.25) is 30.1 Å². The summed E-state index contributed by atoms with van der Waals surface area (Å²) in [5, 5.41) is 3.02. The third kappa shape index (κ3) is 4.82. The lowest BCUT2D eigenvalue weighted by Gasteiger charge is -2.15. The zero-order valence-corrected chi connectivity index (χ0v) is 15.1. The highest BCUT2D eigenvalue weighted by atomic mass is 35.5. The van der Waals surface area contributed by atoms with Gasteiger partial charge in [0.2, 0.25) is 5.91 Å². The van der Waals surface area contributed by atoms with Crippen LogP contribution in [0.4, 0.5) is 4.79 Å². The molecule has 1 saturated heterocycles. The van der Waals surface area contributed by atoms with Gasteiger partial charge in [-0.25, -0.2) is 4.79 Å². The minimum absolute atomic E-state index is 0.0781. The summed E-state index contributed by atoms with van der Waals surface area (Å²) in [6.07, 6.45) is 2.60. The Morgan fingerprint density at radius 1 is 1.23 bits per heavy atom. The SMILES string of the molecule is CC1(C)NC(=O)N(CCC(=O)NNC(=O)/C=C/c2ccccc2Cl)C1=O. The molecule has 5 amide bonds. The maximum atomic E-state index is 12.0. The van der Waals surface area contributed by atoms with Crippen molar-refractivity contribution in [1.29, 1.82) is 0 Å².